The molecule has 0 radical (unpaired) electrons. The van der Waals surface area contributed by atoms with Crippen molar-refractivity contribution in [3.05, 3.63) is 0 Å². The van der Waals surface area contributed by atoms with Gasteiger partial charge >= 0.3 is 0 Å². The standard InChI is InChI=1S/C9H17N/c1-6-3-7-4-8(10-2)5-9(6)7/h6-10H,3-5H2,1-2H3. The van der Waals surface area contributed by atoms with Crippen molar-refractivity contribution in [3.8, 4) is 0 Å². The Hall–Kier alpha value is -0.0400. The number of rotatable bonds is 1. The predicted octanol–water partition coefficient (Wildman–Crippen LogP) is 1.64. The quantitative estimate of drug-likeness (QED) is 0.582. The van der Waals surface area contributed by atoms with E-state index in [1.807, 2.05) is 0 Å². The number of hydrogen-bond acceptors (Lipinski definition) is 1. The molecule has 2 fully saturated rings. The molecular weight excluding hydrogens is 122 g/mol. The zero-order valence-electron chi connectivity index (χ0n) is 6.93. The van der Waals surface area contributed by atoms with Crippen molar-refractivity contribution in [2.45, 2.75) is 32.2 Å². The summed E-state index contributed by atoms with van der Waals surface area (Å²) in [6.07, 6.45) is 4.40. The lowest BCUT2D eigenvalue weighted by molar-refractivity contribution is 0.120. The van der Waals surface area contributed by atoms with E-state index in [1.165, 1.54) is 19.3 Å². The van der Waals surface area contributed by atoms with Crippen molar-refractivity contribution >= 4 is 0 Å². The van der Waals surface area contributed by atoms with Crippen molar-refractivity contribution in [2.24, 2.45) is 17.8 Å². The first kappa shape index (κ1) is 6.66. The summed E-state index contributed by atoms with van der Waals surface area (Å²) in [6.45, 7) is 2.40. The molecule has 4 atom stereocenters. The highest BCUT2D eigenvalue weighted by molar-refractivity contribution is 4.96. The molecule has 0 aromatic heterocycles. The average molecular weight is 139 g/mol. The molecule has 4 unspecified atom stereocenters. The second kappa shape index (κ2) is 2.23. The molecular formula is C9H17N. The smallest absolute Gasteiger partial charge is 0.00696 e. The molecule has 2 rings (SSSR count). The van der Waals surface area contributed by atoms with Crippen LogP contribution in [0, 0.1) is 17.8 Å². The Labute approximate surface area is 63.2 Å². The van der Waals surface area contributed by atoms with Gasteiger partial charge in [-0.05, 0) is 44.1 Å². The third-order valence-electron chi connectivity index (χ3n) is 3.56. The van der Waals surface area contributed by atoms with Crippen molar-refractivity contribution in [1.82, 2.24) is 5.32 Å². The van der Waals surface area contributed by atoms with Crippen LogP contribution in [0.4, 0.5) is 0 Å². The van der Waals surface area contributed by atoms with E-state index in [4.69, 9.17) is 0 Å². The first-order chi connectivity index (χ1) is 4.81. The fraction of sp³-hybridized carbons (Fsp3) is 1.00. The van der Waals surface area contributed by atoms with Gasteiger partial charge in [-0.2, -0.15) is 0 Å². The zero-order chi connectivity index (χ0) is 7.14. The molecule has 2 aliphatic carbocycles. The zero-order valence-corrected chi connectivity index (χ0v) is 6.93. The van der Waals surface area contributed by atoms with Gasteiger partial charge in [-0.1, -0.05) is 6.92 Å². The molecule has 1 N–H and O–H groups in total. The van der Waals surface area contributed by atoms with Gasteiger partial charge in [-0.3, -0.25) is 0 Å². The lowest BCUT2D eigenvalue weighted by Gasteiger charge is -2.37. The van der Waals surface area contributed by atoms with E-state index in [2.05, 4.69) is 19.3 Å². The van der Waals surface area contributed by atoms with E-state index in [9.17, 15) is 0 Å². The fourth-order valence-electron chi connectivity index (χ4n) is 2.82. The van der Waals surface area contributed by atoms with Gasteiger partial charge in [0, 0.05) is 6.04 Å². The summed E-state index contributed by atoms with van der Waals surface area (Å²) in [5, 5.41) is 3.39. The lowest BCUT2D eigenvalue weighted by Crippen LogP contribution is -2.29. The van der Waals surface area contributed by atoms with Crippen molar-refractivity contribution in [3.63, 3.8) is 0 Å². The van der Waals surface area contributed by atoms with Gasteiger partial charge in [-0.15, -0.1) is 0 Å². The Balaban J connectivity index is 1.93. The Kier molecular flexibility index (Phi) is 1.48. The van der Waals surface area contributed by atoms with E-state index in [-0.39, 0.29) is 0 Å². The SMILES string of the molecule is CNC1CC2CC(C)C2C1. The van der Waals surface area contributed by atoms with Crippen molar-refractivity contribution in [2.75, 3.05) is 7.05 Å². The summed E-state index contributed by atoms with van der Waals surface area (Å²) in [7, 11) is 2.10. The third-order valence-corrected chi connectivity index (χ3v) is 3.56. The number of fused-ring (bicyclic) bond motifs is 1. The predicted molar refractivity (Wildman–Crippen MR) is 42.8 cm³/mol. The minimum atomic E-state index is 0.847. The molecule has 0 heterocycles. The maximum Gasteiger partial charge on any atom is 0.00696 e. The highest BCUT2D eigenvalue weighted by Crippen LogP contribution is 2.50. The Morgan fingerprint density at radius 3 is 2.50 bits per heavy atom. The van der Waals surface area contributed by atoms with Crippen LogP contribution in [0.5, 0.6) is 0 Å². The van der Waals surface area contributed by atoms with E-state index < -0.39 is 0 Å². The normalized spacial score (nSPS) is 52.2. The van der Waals surface area contributed by atoms with Crippen molar-refractivity contribution < 1.29 is 0 Å². The van der Waals surface area contributed by atoms with Crippen LogP contribution >= 0.6 is 0 Å². The molecule has 58 valence electrons. The minimum Gasteiger partial charge on any atom is -0.317 e. The molecule has 0 aromatic rings. The molecule has 0 bridgehead atoms. The first-order valence-electron chi connectivity index (χ1n) is 4.48. The maximum absolute atomic E-state index is 3.39. The van der Waals surface area contributed by atoms with Gasteiger partial charge in [0.15, 0.2) is 0 Å². The highest BCUT2D eigenvalue weighted by atomic mass is 14.9. The average Bonchev–Trinajstić information content (AvgIpc) is 2.26. The van der Waals surface area contributed by atoms with E-state index >= 15 is 0 Å². The molecule has 1 nitrogen and oxygen atoms in total. The maximum atomic E-state index is 3.39. The topological polar surface area (TPSA) is 12.0 Å². The summed E-state index contributed by atoms with van der Waals surface area (Å²) >= 11 is 0. The molecule has 0 aromatic carbocycles. The van der Waals surface area contributed by atoms with Gasteiger partial charge in [0.25, 0.3) is 0 Å². The van der Waals surface area contributed by atoms with Gasteiger partial charge in [0.1, 0.15) is 0 Å². The molecule has 0 aliphatic heterocycles. The largest absolute Gasteiger partial charge is 0.317 e. The Morgan fingerprint density at radius 1 is 1.20 bits per heavy atom. The van der Waals surface area contributed by atoms with Crippen LogP contribution in [0.1, 0.15) is 26.2 Å². The molecule has 2 saturated carbocycles. The second-order valence-corrected chi connectivity index (χ2v) is 4.09. The highest BCUT2D eigenvalue weighted by Gasteiger charge is 2.44. The Morgan fingerprint density at radius 2 is 2.00 bits per heavy atom. The molecule has 1 heteroatoms. The molecule has 10 heavy (non-hydrogen) atoms. The lowest BCUT2D eigenvalue weighted by atomic mass is 9.68. The monoisotopic (exact) mass is 139 g/mol. The third kappa shape index (κ3) is 0.800. The summed E-state index contributed by atoms with van der Waals surface area (Å²) in [4.78, 5) is 0. The molecule has 0 saturated heterocycles. The first-order valence-corrected chi connectivity index (χ1v) is 4.48. The summed E-state index contributed by atoms with van der Waals surface area (Å²) in [5.74, 6) is 3.20. The summed E-state index contributed by atoms with van der Waals surface area (Å²) < 4.78 is 0. The van der Waals surface area contributed by atoms with Crippen LogP contribution in [-0.2, 0) is 0 Å². The van der Waals surface area contributed by atoms with Gasteiger partial charge in [0.05, 0.1) is 0 Å². The van der Waals surface area contributed by atoms with Crippen LogP contribution in [0.2, 0.25) is 0 Å². The molecule has 2 aliphatic rings. The van der Waals surface area contributed by atoms with Gasteiger partial charge in [0.2, 0.25) is 0 Å². The number of hydrogen-bond donors (Lipinski definition) is 1. The van der Waals surface area contributed by atoms with E-state index in [0.29, 0.717) is 0 Å². The van der Waals surface area contributed by atoms with Crippen LogP contribution in [-0.4, -0.2) is 13.1 Å². The summed E-state index contributed by atoms with van der Waals surface area (Å²) in [5.41, 5.74) is 0. The Bertz CT molecular complexity index is 133. The van der Waals surface area contributed by atoms with Gasteiger partial charge in [-0.25, -0.2) is 0 Å². The number of nitrogens with one attached hydrogen (secondary N) is 1. The van der Waals surface area contributed by atoms with Crippen LogP contribution in [0.15, 0.2) is 0 Å². The van der Waals surface area contributed by atoms with Gasteiger partial charge < -0.3 is 5.32 Å². The minimum absolute atomic E-state index is 0.847. The van der Waals surface area contributed by atoms with Crippen LogP contribution in [0.25, 0.3) is 0 Å². The molecule has 0 amide bonds. The van der Waals surface area contributed by atoms with E-state index in [1.54, 1.807) is 0 Å². The van der Waals surface area contributed by atoms with Crippen molar-refractivity contribution in [1.29, 1.82) is 0 Å². The fourth-order valence-corrected chi connectivity index (χ4v) is 2.82. The summed E-state index contributed by atoms with van der Waals surface area (Å²) in [6, 6.07) is 0.847. The van der Waals surface area contributed by atoms with Crippen LogP contribution < -0.4 is 5.32 Å². The second-order valence-electron chi connectivity index (χ2n) is 4.09. The molecule has 0 spiro atoms. The van der Waals surface area contributed by atoms with Crippen LogP contribution in [0.3, 0.4) is 0 Å². The van der Waals surface area contributed by atoms with E-state index in [0.717, 1.165) is 23.8 Å².